The predicted octanol–water partition coefficient (Wildman–Crippen LogP) is 2.21. The molecule has 2 heterocycles. The smallest absolute Gasteiger partial charge is 0.260 e. The Morgan fingerprint density at radius 2 is 1.93 bits per heavy atom. The molecule has 1 aliphatic rings. The van der Waals surface area contributed by atoms with Crippen molar-refractivity contribution >= 4 is 32.6 Å². The molecule has 140 valence electrons. The zero-order chi connectivity index (χ0) is 18.8. The zero-order valence-corrected chi connectivity index (χ0v) is 16.2. The van der Waals surface area contributed by atoms with E-state index in [1.165, 1.54) is 16.2 Å². The molecule has 7 heteroatoms. The van der Waals surface area contributed by atoms with Crippen molar-refractivity contribution in [1.82, 2.24) is 4.98 Å². The van der Waals surface area contributed by atoms with Crippen LogP contribution in [0.15, 0.2) is 42.5 Å². The number of quaternary nitrogens is 1. The van der Waals surface area contributed by atoms with Crippen molar-refractivity contribution in [2.24, 2.45) is 0 Å². The number of amides is 1. The summed E-state index contributed by atoms with van der Waals surface area (Å²) >= 11 is 1.50. The molecule has 0 saturated carbocycles. The van der Waals surface area contributed by atoms with Gasteiger partial charge in [0.15, 0.2) is 16.6 Å². The quantitative estimate of drug-likeness (QED) is 0.708. The van der Waals surface area contributed by atoms with Crippen molar-refractivity contribution in [2.75, 3.05) is 38.9 Å². The zero-order valence-electron chi connectivity index (χ0n) is 15.4. The minimum absolute atomic E-state index is 0.0246. The number of anilines is 1. The molecular formula is C20H22N3O3S+. The highest BCUT2D eigenvalue weighted by Crippen LogP contribution is 2.40. The van der Waals surface area contributed by atoms with E-state index in [4.69, 9.17) is 14.5 Å². The first-order chi connectivity index (χ1) is 13.1. The van der Waals surface area contributed by atoms with Gasteiger partial charge in [-0.2, -0.15) is 0 Å². The molecule has 0 spiro atoms. The van der Waals surface area contributed by atoms with Crippen LogP contribution in [0.4, 0.5) is 5.13 Å². The Kier molecular flexibility index (Phi) is 4.96. The maximum absolute atomic E-state index is 13.1. The van der Waals surface area contributed by atoms with Gasteiger partial charge >= 0.3 is 0 Å². The first kappa shape index (κ1) is 17.8. The average molecular weight is 384 g/mol. The van der Waals surface area contributed by atoms with Crippen LogP contribution in [-0.4, -0.2) is 44.9 Å². The maximum Gasteiger partial charge on any atom is 0.260 e. The maximum atomic E-state index is 13.1. The number of fused-ring (bicyclic) bond motifs is 2. The molecule has 0 saturated heterocycles. The molecule has 1 amide bonds. The summed E-state index contributed by atoms with van der Waals surface area (Å²) in [4.78, 5) is 21.0. The fraction of sp³-hybridized carbons (Fsp3) is 0.300. The van der Waals surface area contributed by atoms with Crippen LogP contribution < -0.4 is 19.3 Å². The molecule has 0 atom stereocenters. The molecule has 1 N–H and O–H groups in total. The van der Waals surface area contributed by atoms with Gasteiger partial charge in [-0.3, -0.25) is 9.69 Å². The Morgan fingerprint density at radius 1 is 1.19 bits per heavy atom. The summed E-state index contributed by atoms with van der Waals surface area (Å²) < 4.78 is 11.9. The summed E-state index contributed by atoms with van der Waals surface area (Å²) in [5.74, 6) is 1.41. The predicted molar refractivity (Wildman–Crippen MR) is 106 cm³/mol. The van der Waals surface area contributed by atoms with Crippen LogP contribution in [-0.2, 0) is 0 Å². The topological polar surface area (TPSA) is 56.1 Å². The fourth-order valence-corrected chi connectivity index (χ4v) is 4.03. The van der Waals surface area contributed by atoms with Gasteiger partial charge in [0.2, 0.25) is 6.79 Å². The normalized spacial score (nSPS) is 12.7. The van der Waals surface area contributed by atoms with Crippen molar-refractivity contribution in [3.63, 3.8) is 0 Å². The molecule has 0 unspecified atom stereocenters. The standard InChI is InChI=1S/C20H21N3O3S/c1-22(2)9-6-10-23(19(24)14-7-4-3-5-8-14)20-21-15-11-16-17(26-13-25-16)12-18(15)27-20/h3-5,7-8,11-12H,6,9-10,13H2,1-2H3/p+1. The lowest BCUT2D eigenvalue weighted by atomic mass is 10.2. The third kappa shape index (κ3) is 3.74. The lowest BCUT2D eigenvalue weighted by Crippen LogP contribution is -3.05. The molecule has 0 aliphatic carbocycles. The monoisotopic (exact) mass is 384 g/mol. The van der Waals surface area contributed by atoms with Gasteiger partial charge in [-0.25, -0.2) is 4.98 Å². The van der Waals surface area contributed by atoms with Gasteiger partial charge in [-0.15, -0.1) is 0 Å². The Labute approximate surface area is 161 Å². The number of rotatable bonds is 6. The largest absolute Gasteiger partial charge is 0.454 e. The SMILES string of the molecule is C[NH+](C)CCCN(C(=O)c1ccccc1)c1nc2cc3c(cc2s1)OCO3. The highest BCUT2D eigenvalue weighted by atomic mass is 32.1. The van der Waals surface area contributed by atoms with E-state index >= 15 is 0 Å². The number of hydrogen-bond acceptors (Lipinski definition) is 5. The molecule has 0 radical (unpaired) electrons. The van der Waals surface area contributed by atoms with Gasteiger partial charge in [0.05, 0.1) is 30.9 Å². The summed E-state index contributed by atoms with van der Waals surface area (Å²) in [5.41, 5.74) is 1.49. The summed E-state index contributed by atoms with van der Waals surface area (Å²) in [6.07, 6.45) is 0.902. The van der Waals surface area contributed by atoms with Gasteiger partial charge in [0, 0.05) is 30.7 Å². The number of hydrogen-bond donors (Lipinski definition) is 1. The minimum atomic E-state index is -0.0246. The highest BCUT2D eigenvalue weighted by Gasteiger charge is 2.23. The van der Waals surface area contributed by atoms with E-state index in [9.17, 15) is 4.79 Å². The average Bonchev–Trinajstić information content (AvgIpc) is 3.28. The third-order valence-corrected chi connectivity index (χ3v) is 5.47. The van der Waals surface area contributed by atoms with E-state index < -0.39 is 0 Å². The Balaban J connectivity index is 1.67. The number of nitrogens with zero attached hydrogens (tertiary/aromatic N) is 2. The number of nitrogens with one attached hydrogen (secondary N) is 1. The number of ether oxygens (including phenoxy) is 2. The molecule has 1 aromatic heterocycles. The molecular weight excluding hydrogens is 362 g/mol. The van der Waals surface area contributed by atoms with Gasteiger partial charge in [-0.05, 0) is 12.1 Å². The van der Waals surface area contributed by atoms with Crippen LogP contribution in [0, 0.1) is 0 Å². The second-order valence-electron chi connectivity index (χ2n) is 6.80. The number of carbonyl (C=O) groups excluding carboxylic acids is 1. The van der Waals surface area contributed by atoms with Crippen molar-refractivity contribution < 1.29 is 19.2 Å². The van der Waals surface area contributed by atoms with Crippen LogP contribution in [0.1, 0.15) is 16.8 Å². The molecule has 0 bridgehead atoms. The number of aromatic nitrogens is 1. The summed E-state index contributed by atoms with van der Waals surface area (Å²) in [5, 5.41) is 0.705. The second-order valence-corrected chi connectivity index (χ2v) is 7.81. The summed E-state index contributed by atoms with van der Waals surface area (Å²) in [7, 11) is 4.23. The first-order valence-electron chi connectivity index (χ1n) is 8.98. The highest BCUT2D eigenvalue weighted by molar-refractivity contribution is 7.22. The third-order valence-electron chi connectivity index (χ3n) is 4.43. The minimum Gasteiger partial charge on any atom is -0.454 e. The van der Waals surface area contributed by atoms with E-state index in [2.05, 4.69) is 14.1 Å². The second kappa shape index (κ2) is 7.54. The van der Waals surface area contributed by atoms with Crippen molar-refractivity contribution in [3.05, 3.63) is 48.0 Å². The van der Waals surface area contributed by atoms with E-state index in [0.717, 1.165) is 28.9 Å². The van der Waals surface area contributed by atoms with E-state index in [0.29, 0.717) is 23.0 Å². The molecule has 6 nitrogen and oxygen atoms in total. The molecule has 3 aromatic rings. The Hall–Kier alpha value is -2.64. The van der Waals surface area contributed by atoms with Crippen LogP contribution in [0.2, 0.25) is 0 Å². The van der Waals surface area contributed by atoms with Gasteiger partial charge in [0.1, 0.15) is 0 Å². The van der Waals surface area contributed by atoms with Crippen LogP contribution in [0.3, 0.4) is 0 Å². The molecule has 4 rings (SSSR count). The summed E-state index contributed by atoms with van der Waals surface area (Å²) in [6, 6.07) is 13.2. The molecule has 0 fully saturated rings. The number of carbonyl (C=O) groups is 1. The molecule has 27 heavy (non-hydrogen) atoms. The van der Waals surface area contributed by atoms with E-state index in [1.807, 2.05) is 42.5 Å². The number of benzene rings is 2. The van der Waals surface area contributed by atoms with E-state index in [1.54, 1.807) is 4.90 Å². The lowest BCUT2D eigenvalue weighted by Gasteiger charge is -2.20. The summed E-state index contributed by atoms with van der Waals surface area (Å²) in [6.45, 7) is 1.86. The van der Waals surface area contributed by atoms with Crippen molar-refractivity contribution in [2.45, 2.75) is 6.42 Å². The Bertz CT molecular complexity index is 915. The molecule has 2 aromatic carbocycles. The van der Waals surface area contributed by atoms with Gasteiger partial charge < -0.3 is 14.4 Å². The van der Waals surface area contributed by atoms with E-state index in [-0.39, 0.29) is 12.7 Å². The van der Waals surface area contributed by atoms with Crippen LogP contribution in [0.5, 0.6) is 11.5 Å². The van der Waals surface area contributed by atoms with Crippen LogP contribution >= 0.6 is 11.3 Å². The number of thiazole rings is 1. The van der Waals surface area contributed by atoms with Crippen molar-refractivity contribution in [1.29, 1.82) is 0 Å². The van der Waals surface area contributed by atoms with Crippen LogP contribution in [0.25, 0.3) is 10.2 Å². The van der Waals surface area contributed by atoms with Gasteiger partial charge in [0.25, 0.3) is 5.91 Å². The van der Waals surface area contributed by atoms with Crippen molar-refractivity contribution in [3.8, 4) is 11.5 Å². The lowest BCUT2D eigenvalue weighted by molar-refractivity contribution is -0.858. The Morgan fingerprint density at radius 3 is 2.67 bits per heavy atom. The fourth-order valence-electron chi connectivity index (χ4n) is 3.03. The van der Waals surface area contributed by atoms with Gasteiger partial charge in [-0.1, -0.05) is 29.5 Å². The first-order valence-corrected chi connectivity index (χ1v) is 9.79. The molecule has 1 aliphatic heterocycles.